The number of carbonyl (C=O) groups excluding carboxylic acids is 1. The predicted octanol–water partition coefficient (Wildman–Crippen LogP) is 4.45. The van der Waals surface area contributed by atoms with Gasteiger partial charge in [0.25, 0.3) is 5.56 Å². The van der Waals surface area contributed by atoms with Gasteiger partial charge < -0.3 is 9.88 Å². The molecule has 0 aromatic carbocycles. The molecule has 3 aromatic heterocycles. The minimum Gasteiger partial charge on any atom is -0.342 e. The predicted molar refractivity (Wildman–Crippen MR) is 114 cm³/mol. The van der Waals surface area contributed by atoms with Gasteiger partial charge in [0.2, 0.25) is 5.91 Å². The molecule has 3 aromatic rings. The molecule has 1 N–H and O–H groups in total. The monoisotopic (exact) mass is 419 g/mol. The summed E-state index contributed by atoms with van der Waals surface area (Å²) in [7, 11) is 0. The van der Waals surface area contributed by atoms with Gasteiger partial charge in [-0.2, -0.15) is 0 Å². The van der Waals surface area contributed by atoms with Crippen molar-refractivity contribution < 1.29 is 4.79 Å². The van der Waals surface area contributed by atoms with Crippen LogP contribution in [0.4, 0.5) is 0 Å². The second kappa shape index (κ2) is 8.16. The second-order valence-corrected chi connectivity index (χ2v) is 9.52. The molecule has 1 saturated carbocycles. The first-order chi connectivity index (χ1) is 13.2. The molecule has 142 valence electrons. The van der Waals surface area contributed by atoms with Crippen molar-refractivity contribution in [2.24, 2.45) is 5.92 Å². The number of thioether (sulfide) groups is 1. The first-order valence-electron chi connectivity index (χ1n) is 9.11. The Kier molecular flexibility index (Phi) is 5.66. The van der Waals surface area contributed by atoms with Gasteiger partial charge >= 0.3 is 0 Å². The van der Waals surface area contributed by atoms with Gasteiger partial charge in [-0.3, -0.25) is 9.59 Å². The summed E-state index contributed by atoms with van der Waals surface area (Å²) in [5.41, 5.74) is 0.799. The third kappa shape index (κ3) is 4.28. The van der Waals surface area contributed by atoms with Crippen molar-refractivity contribution in [2.75, 3.05) is 18.8 Å². The van der Waals surface area contributed by atoms with Crippen LogP contribution in [-0.4, -0.2) is 39.6 Å². The van der Waals surface area contributed by atoms with Crippen LogP contribution < -0.4 is 5.56 Å². The van der Waals surface area contributed by atoms with Crippen molar-refractivity contribution in [1.29, 1.82) is 0 Å². The molecular formula is C19H21N3O2S3. The summed E-state index contributed by atoms with van der Waals surface area (Å²) in [5, 5.41) is 5.14. The van der Waals surface area contributed by atoms with Crippen LogP contribution in [0.25, 0.3) is 20.7 Å². The largest absolute Gasteiger partial charge is 0.342 e. The Morgan fingerprint density at radius 3 is 2.96 bits per heavy atom. The molecule has 1 aliphatic carbocycles. The highest BCUT2D eigenvalue weighted by Crippen LogP contribution is 2.34. The number of hydrogen-bond donors (Lipinski definition) is 1. The molecule has 0 saturated heterocycles. The summed E-state index contributed by atoms with van der Waals surface area (Å²) in [5.74, 6) is 1.12. The zero-order chi connectivity index (χ0) is 18.8. The van der Waals surface area contributed by atoms with E-state index in [1.165, 1.54) is 35.9 Å². The summed E-state index contributed by atoms with van der Waals surface area (Å²) in [6.07, 6.45) is 3.43. The van der Waals surface area contributed by atoms with E-state index < -0.39 is 0 Å². The lowest BCUT2D eigenvalue weighted by Gasteiger charge is -2.21. The zero-order valence-corrected chi connectivity index (χ0v) is 17.5. The molecule has 1 amide bonds. The van der Waals surface area contributed by atoms with E-state index in [0.717, 1.165) is 34.8 Å². The van der Waals surface area contributed by atoms with Crippen LogP contribution in [-0.2, 0) is 4.79 Å². The molecule has 4 rings (SSSR count). The Balaban J connectivity index is 1.49. The minimum absolute atomic E-state index is 0.127. The van der Waals surface area contributed by atoms with Crippen molar-refractivity contribution in [3.63, 3.8) is 0 Å². The van der Waals surface area contributed by atoms with Crippen LogP contribution >= 0.6 is 34.4 Å². The molecule has 5 nitrogen and oxygen atoms in total. The lowest BCUT2D eigenvalue weighted by molar-refractivity contribution is -0.128. The number of amides is 1. The standard InChI is InChI=1S/C19H21N3O2S3/c1-2-7-22(9-12-5-6-12)15(23)11-27-19-20-17(24)16-13(10-26-18(16)21-19)14-4-3-8-25-14/h3-4,8,10,12H,2,5-7,9,11H2,1H3,(H,20,21,24). The first-order valence-corrected chi connectivity index (χ1v) is 11.9. The lowest BCUT2D eigenvalue weighted by atomic mass is 10.2. The van der Waals surface area contributed by atoms with Crippen LogP contribution in [0.15, 0.2) is 32.8 Å². The Hall–Kier alpha value is -1.64. The topological polar surface area (TPSA) is 66.1 Å². The van der Waals surface area contributed by atoms with Gasteiger partial charge in [0.15, 0.2) is 5.16 Å². The maximum atomic E-state index is 12.6. The van der Waals surface area contributed by atoms with Crippen molar-refractivity contribution in [3.8, 4) is 10.4 Å². The summed E-state index contributed by atoms with van der Waals surface area (Å²) >= 11 is 4.40. The number of hydrogen-bond acceptors (Lipinski definition) is 6. The van der Waals surface area contributed by atoms with Gasteiger partial charge in [0.05, 0.1) is 11.1 Å². The molecule has 1 aliphatic rings. The Morgan fingerprint density at radius 2 is 2.26 bits per heavy atom. The minimum atomic E-state index is -0.136. The molecule has 0 radical (unpaired) electrons. The lowest BCUT2D eigenvalue weighted by Crippen LogP contribution is -2.35. The van der Waals surface area contributed by atoms with Crippen LogP contribution in [0.1, 0.15) is 26.2 Å². The van der Waals surface area contributed by atoms with E-state index in [2.05, 4.69) is 16.9 Å². The molecule has 3 heterocycles. The summed E-state index contributed by atoms with van der Waals surface area (Å²) < 4.78 is 0. The Morgan fingerprint density at radius 1 is 1.41 bits per heavy atom. The molecule has 0 unspecified atom stereocenters. The number of aromatic amines is 1. The fourth-order valence-corrected chi connectivity index (χ4v) is 5.62. The van der Waals surface area contributed by atoms with Crippen molar-refractivity contribution in [3.05, 3.63) is 33.2 Å². The third-order valence-corrected chi connectivity index (χ3v) is 7.20. The highest BCUT2D eigenvalue weighted by molar-refractivity contribution is 7.99. The van der Waals surface area contributed by atoms with Gasteiger partial charge in [-0.1, -0.05) is 24.8 Å². The molecule has 8 heteroatoms. The van der Waals surface area contributed by atoms with Crippen LogP contribution in [0, 0.1) is 5.92 Å². The maximum absolute atomic E-state index is 12.6. The van der Waals surface area contributed by atoms with Crippen molar-refractivity contribution >= 4 is 50.6 Å². The van der Waals surface area contributed by atoms with E-state index >= 15 is 0 Å². The SMILES string of the molecule is CCCN(CC1CC1)C(=O)CSc1nc2scc(-c3cccs3)c2c(=O)[nH]1. The number of carbonyl (C=O) groups is 1. The number of nitrogens with zero attached hydrogens (tertiary/aromatic N) is 2. The molecule has 0 bridgehead atoms. The normalized spacial score (nSPS) is 14.0. The molecule has 0 atom stereocenters. The van der Waals surface area contributed by atoms with E-state index in [4.69, 9.17) is 0 Å². The molecule has 27 heavy (non-hydrogen) atoms. The fraction of sp³-hybridized carbons (Fsp3) is 0.421. The van der Waals surface area contributed by atoms with Gasteiger partial charge in [0, 0.05) is 28.9 Å². The van der Waals surface area contributed by atoms with Crippen LogP contribution in [0.5, 0.6) is 0 Å². The van der Waals surface area contributed by atoms with Gasteiger partial charge in [-0.25, -0.2) is 4.98 Å². The van der Waals surface area contributed by atoms with E-state index in [1.54, 1.807) is 11.3 Å². The van der Waals surface area contributed by atoms with Crippen LogP contribution in [0.2, 0.25) is 0 Å². The number of H-pyrrole nitrogens is 1. The fourth-order valence-electron chi connectivity index (χ4n) is 3.03. The number of fused-ring (bicyclic) bond motifs is 1. The van der Waals surface area contributed by atoms with Crippen molar-refractivity contribution in [1.82, 2.24) is 14.9 Å². The second-order valence-electron chi connectivity index (χ2n) is 6.75. The van der Waals surface area contributed by atoms with E-state index in [-0.39, 0.29) is 11.5 Å². The molecular weight excluding hydrogens is 398 g/mol. The Bertz CT molecular complexity index is 989. The summed E-state index contributed by atoms with van der Waals surface area (Å²) in [6, 6.07) is 3.99. The zero-order valence-electron chi connectivity index (χ0n) is 15.1. The number of rotatable bonds is 8. The average Bonchev–Trinajstić information content (AvgIpc) is 3.13. The van der Waals surface area contributed by atoms with Crippen LogP contribution in [0.3, 0.4) is 0 Å². The van der Waals surface area contributed by atoms with E-state index in [1.807, 2.05) is 27.8 Å². The molecule has 0 spiro atoms. The van der Waals surface area contributed by atoms with E-state index in [0.29, 0.717) is 22.2 Å². The summed E-state index contributed by atoms with van der Waals surface area (Å²) in [6.45, 7) is 3.76. The number of thiophene rings is 2. The molecule has 0 aliphatic heterocycles. The van der Waals surface area contributed by atoms with Gasteiger partial charge in [-0.15, -0.1) is 22.7 Å². The summed E-state index contributed by atoms with van der Waals surface area (Å²) in [4.78, 5) is 36.4. The number of nitrogens with one attached hydrogen (secondary N) is 1. The number of aromatic nitrogens is 2. The van der Waals surface area contributed by atoms with E-state index in [9.17, 15) is 9.59 Å². The maximum Gasteiger partial charge on any atom is 0.260 e. The third-order valence-electron chi connectivity index (χ3n) is 4.56. The Labute approximate surface area is 169 Å². The molecule has 1 fully saturated rings. The highest BCUT2D eigenvalue weighted by Gasteiger charge is 2.26. The smallest absolute Gasteiger partial charge is 0.260 e. The average molecular weight is 420 g/mol. The highest BCUT2D eigenvalue weighted by atomic mass is 32.2. The van der Waals surface area contributed by atoms with Gasteiger partial charge in [-0.05, 0) is 36.6 Å². The van der Waals surface area contributed by atoms with Gasteiger partial charge in [0.1, 0.15) is 4.83 Å². The quantitative estimate of drug-likeness (QED) is 0.433. The first kappa shape index (κ1) is 18.7. The van der Waals surface area contributed by atoms with Crippen molar-refractivity contribution in [2.45, 2.75) is 31.3 Å².